The number of carbonyl (C=O) groups excluding carboxylic acids is 2. The summed E-state index contributed by atoms with van der Waals surface area (Å²) in [4.78, 5) is 55.6. The Labute approximate surface area is 150 Å². The number of aryl methyl sites for hydroxylation is 1. The SMILES string of the molecule is CC(=O)c1c(NNC(=O)c2cc([N+](=O)[O-])cc([N+](=O)[O-])c2)oc(C)cc1=O. The number of benzene rings is 1. The van der Waals surface area contributed by atoms with Crippen molar-refractivity contribution >= 4 is 28.9 Å². The largest absolute Gasteiger partial charge is 0.443 e. The van der Waals surface area contributed by atoms with Gasteiger partial charge in [0.25, 0.3) is 17.3 Å². The molecule has 12 nitrogen and oxygen atoms in total. The molecule has 1 aromatic heterocycles. The summed E-state index contributed by atoms with van der Waals surface area (Å²) < 4.78 is 5.20. The lowest BCUT2D eigenvalue weighted by Crippen LogP contribution is -2.31. The first kappa shape index (κ1) is 19.2. The maximum absolute atomic E-state index is 12.2. The van der Waals surface area contributed by atoms with Crippen LogP contribution in [0.2, 0.25) is 0 Å². The van der Waals surface area contributed by atoms with Crippen molar-refractivity contribution in [1.82, 2.24) is 5.43 Å². The van der Waals surface area contributed by atoms with Gasteiger partial charge < -0.3 is 4.42 Å². The van der Waals surface area contributed by atoms with Crippen LogP contribution in [0, 0.1) is 27.2 Å². The first-order valence-electron chi connectivity index (χ1n) is 7.26. The molecule has 0 fully saturated rings. The number of hydrogen-bond acceptors (Lipinski definition) is 9. The number of Topliss-reactive ketones (excluding diaryl/α,β-unsaturated/α-hetero) is 1. The van der Waals surface area contributed by atoms with Crippen molar-refractivity contribution in [1.29, 1.82) is 0 Å². The number of non-ortho nitro benzene ring substituents is 2. The molecule has 1 heterocycles. The monoisotopic (exact) mass is 376 g/mol. The predicted molar refractivity (Wildman–Crippen MR) is 90.6 cm³/mol. The molecule has 0 aliphatic heterocycles. The Morgan fingerprint density at radius 3 is 2.07 bits per heavy atom. The number of nitrogens with one attached hydrogen (secondary N) is 2. The van der Waals surface area contributed by atoms with Gasteiger partial charge in [-0.25, -0.2) is 0 Å². The van der Waals surface area contributed by atoms with Crippen LogP contribution in [0.5, 0.6) is 0 Å². The quantitative estimate of drug-likeness (QED) is 0.432. The highest BCUT2D eigenvalue weighted by atomic mass is 16.6. The standard InChI is InChI=1S/C15H12N4O8/c1-7-3-12(21)13(8(2)20)15(27-7)17-16-14(22)9-4-10(18(23)24)6-11(5-9)19(25)26/h3-6,17H,1-2H3,(H,16,22). The van der Waals surface area contributed by atoms with Gasteiger partial charge in [-0.1, -0.05) is 0 Å². The van der Waals surface area contributed by atoms with E-state index >= 15 is 0 Å². The van der Waals surface area contributed by atoms with E-state index in [4.69, 9.17) is 4.42 Å². The summed E-state index contributed by atoms with van der Waals surface area (Å²) in [6, 6.07) is 3.47. The lowest BCUT2D eigenvalue weighted by atomic mass is 10.1. The van der Waals surface area contributed by atoms with Gasteiger partial charge in [0.15, 0.2) is 11.2 Å². The molecule has 0 radical (unpaired) electrons. The normalized spacial score (nSPS) is 10.1. The molecule has 2 rings (SSSR count). The van der Waals surface area contributed by atoms with E-state index in [0.717, 1.165) is 25.1 Å². The van der Waals surface area contributed by atoms with Crippen LogP contribution in [0.4, 0.5) is 17.3 Å². The number of nitro benzene ring substituents is 2. The highest BCUT2D eigenvalue weighted by molar-refractivity contribution is 5.99. The van der Waals surface area contributed by atoms with E-state index in [0.29, 0.717) is 6.07 Å². The van der Waals surface area contributed by atoms with Gasteiger partial charge in [0.05, 0.1) is 21.5 Å². The van der Waals surface area contributed by atoms with E-state index in [9.17, 15) is 34.6 Å². The fourth-order valence-corrected chi connectivity index (χ4v) is 2.15. The van der Waals surface area contributed by atoms with Crippen LogP contribution in [-0.4, -0.2) is 21.5 Å². The van der Waals surface area contributed by atoms with Gasteiger partial charge in [-0.05, 0) is 13.8 Å². The summed E-state index contributed by atoms with van der Waals surface area (Å²) >= 11 is 0. The zero-order valence-corrected chi connectivity index (χ0v) is 14.0. The van der Waals surface area contributed by atoms with E-state index in [1.54, 1.807) is 0 Å². The van der Waals surface area contributed by atoms with Gasteiger partial charge in [0.1, 0.15) is 11.3 Å². The first-order chi connectivity index (χ1) is 12.6. The molecule has 1 amide bonds. The molecule has 0 saturated heterocycles. The third-order valence-corrected chi connectivity index (χ3v) is 3.30. The molecular formula is C15H12N4O8. The smallest absolute Gasteiger partial charge is 0.277 e. The van der Waals surface area contributed by atoms with E-state index in [1.165, 1.54) is 6.92 Å². The van der Waals surface area contributed by atoms with Gasteiger partial charge in [-0.3, -0.25) is 45.5 Å². The Morgan fingerprint density at radius 2 is 1.59 bits per heavy atom. The summed E-state index contributed by atoms with van der Waals surface area (Å²) in [5.74, 6) is -1.78. The first-order valence-corrected chi connectivity index (χ1v) is 7.26. The molecule has 27 heavy (non-hydrogen) atoms. The second kappa shape index (κ2) is 7.43. The van der Waals surface area contributed by atoms with Gasteiger partial charge in [-0.15, -0.1) is 0 Å². The minimum atomic E-state index is -0.986. The molecule has 12 heteroatoms. The average Bonchev–Trinajstić information content (AvgIpc) is 2.58. The Hall–Kier alpha value is -4.09. The number of nitrogens with zero attached hydrogens (tertiary/aromatic N) is 2. The van der Waals surface area contributed by atoms with Crippen LogP contribution in [0.3, 0.4) is 0 Å². The number of ketones is 1. The second-order valence-corrected chi connectivity index (χ2v) is 5.31. The van der Waals surface area contributed by atoms with Gasteiger partial charge in [0, 0.05) is 18.2 Å². The van der Waals surface area contributed by atoms with Gasteiger partial charge in [-0.2, -0.15) is 0 Å². The maximum Gasteiger partial charge on any atom is 0.277 e. The number of hydrazine groups is 1. The van der Waals surface area contributed by atoms with Crippen LogP contribution >= 0.6 is 0 Å². The number of anilines is 1. The summed E-state index contributed by atoms with van der Waals surface area (Å²) in [6.45, 7) is 2.57. The van der Waals surface area contributed by atoms with E-state index in [1.807, 2.05) is 0 Å². The van der Waals surface area contributed by atoms with Crippen LogP contribution in [0.1, 0.15) is 33.4 Å². The number of carbonyl (C=O) groups is 2. The number of hydrogen-bond donors (Lipinski definition) is 2. The summed E-state index contributed by atoms with van der Waals surface area (Å²) in [5.41, 5.74) is 1.66. The Kier molecular flexibility index (Phi) is 5.29. The highest BCUT2D eigenvalue weighted by Gasteiger charge is 2.21. The minimum Gasteiger partial charge on any atom is -0.443 e. The molecule has 2 N–H and O–H groups in total. The van der Waals surface area contributed by atoms with Crippen molar-refractivity contribution < 1.29 is 23.9 Å². The Bertz CT molecular complexity index is 995. The molecule has 0 bridgehead atoms. The zero-order valence-electron chi connectivity index (χ0n) is 14.0. The third-order valence-electron chi connectivity index (χ3n) is 3.30. The predicted octanol–water partition coefficient (Wildman–Crippen LogP) is 1.72. The van der Waals surface area contributed by atoms with E-state index in [-0.39, 0.29) is 22.8 Å². The van der Waals surface area contributed by atoms with Crippen LogP contribution in [0.25, 0.3) is 0 Å². The number of rotatable bonds is 6. The highest BCUT2D eigenvalue weighted by Crippen LogP contribution is 2.22. The number of nitro groups is 2. The van der Waals surface area contributed by atoms with E-state index < -0.39 is 38.3 Å². The minimum absolute atomic E-state index is 0.160. The summed E-state index contributed by atoms with van der Waals surface area (Å²) in [5, 5.41) is 21.7. The topological polar surface area (TPSA) is 175 Å². The van der Waals surface area contributed by atoms with Crippen LogP contribution < -0.4 is 16.3 Å². The lowest BCUT2D eigenvalue weighted by molar-refractivity contribution is -0.394. The Balaban J connectivity index is 2.34. The zero-order chi connectivity index (χ0) is 20.3. The third kappa shape index (κ3) is 4.31. The van der Waals surface area contributed by atoms with Crippen molar-refractivity contribution in [2.45, 2.75) is 13.8 Å². The molecule has 1 aromatic carbocycles. The number of amides is 1. The van der Waals surface area contributed by atoms with Crippen molar-refractivity contribution in [3.8, 4) is 0 Å². The molecule has 0 aliphatic carbocycles. The summed E-state index contributed by atoms with van der Waals surface area (Å²) in [6.07, 6.45) is 0. The molecule has 0 saturated carbocycles. The molecule has 0 aliphatic rings. The van der Waals surface area contributed by atoms with Crippen LogP contribution in [-0.2, 0) is 0 Å². The Morgan fingerprint density at radius 1 is 1.04 bits per heavy atom. The molecule has 0 spiro atoms. The van der Waals surface area contributed by atoms with Crippen LogP contribution in [0.15, 0.2) is 33.5 Å². The average molecular weight is 376 g/mol. The lowest BCUT2D eigenvalue weighted by Gasteiger charge is -2.10. The summed E-state index contributed by atoms with van der Waals surface area (Å²) in [7, 11) is 0. The fraction of sp³-hybridized carbons (Fsp3) is 0.133. The van der Waals surface area contributed by atoms with E-state index in [2.05, 4.69) is 10.9 Å². The molecule has 2 aromatic rings. The molecular weight excluding hydrogens is 364 g/mol. The molecule has 0 atom stereocenters. The van der Waals surface area contributed by atoms with Crippen molar-refractivity contribution in [2.75, 3.05) is 5.43 Å². The second-order valence-electron chi connectivity index (χ2n) is 5.31. The maximum atomic E-state index is 12.2. The van der Waals surface area contributed by atoms with Gasteiger partial charge >= 0.3 is 0 Å². The molecule has 0 unspecified atom stereocenters. The van der Waals surface area contributed by atoms with Crippen molar-refractivity contribution in [3.63, 3.8) is 0 Å². The van der Waals surface area contributed by atoms with Crippen molar-refractivity contribution in [2.24, 2.45) is 0 Å². The molecule has 140 valence electrons. The van der Waals surface area contributed by atoms with Crippen molar-refractivity contribution in [3.05, 3.63) is 71.6 Å². The van der Waals surface area contributed by atoms with Gasteiger partial charge in [0.2, 0.25) is 5.88 Å². The fourth-order valence-electron chi connectivity index (χ4n) is 2.15.